The topological polar surface area (TPSA) is 237 Å². The van der Waals surface area contributed by atoms with E-state index in [0.29, 0.717) is 31.6 Å². The minimum absolute atomic E-state index is 0.0946. The van der Waals surface area contributed by atoms with Crippen LogP contribution in [-0.4, -0.2) is 96.7 Å². The van der Waals surface area contributed by atoms with Crippen LogP contribution >= 0.6 is 15.6 Å². The first-order chi connectivity index (χ1) is 40.8. The predicted molar refractivity (Wildman–Crippen MR) is 340 cm³/mol. The second-order valence-corrected chi connectivity index (χ2v) is 27.3. The maximum atomic E-state index is 13.0. The molecule has 4 unspecified atom stereocenters. The number of ether oxygens (including phenoxy) is 4. The van der Waals surface area contributed by atoms with Crippen molar-refractivity contribution in [3.05, 3.63) is 24.3 Å². The molecule has 0 rings (SSSR count). The van der Waals surface area contributed by atoms with Gasteiger partial charge in [-0.25, -0.2) is 9.13 Å². The van der Waals surface area contributed by atoms with Gasteiger partial charge in [0.15, 0.2) is 12.2 Å². The summed E-state index contributed by atoms with van der Waals surface area (Å²) < 4.78 is 68.0. The summed E-state index contributed by atoms with van der Waals surface area (Å²) in [7, 11) is -9.90. The van der Waals surface area contributed by atoms with Gasteiger partial charge < -0.3 is 33.8 Å². The van der Waals surface area contributed by atoms with Crippen molar-refractivity contribution in [3.8, 4) is 0 Å². The van der Waals surface area contributed by atoms with Crippen LogP contribution in [0.5, 0.6) is 0 Å². The highest BCUT2D eigenvalue weighted by Crippen LogP contribution is 2.45. The Labute approximate surface area is 516 Å². The molecule has 0 heterocycles. The number of hydrogen-bond donors (Lipinski definition) is 3. The van der Waals surface area contributed by atoms with E-state index in [4.69, 9.17) is 37.0 Å². The smallest absolute Gasteiger partial charge is 0.462 e. The van der Waals surface area contributed by atoms with Gasteiger partial charge in [-0.05, 0) is 69.1 Å². The fraction of sp³-hybridized carbons (Fsp3) is 0.879. The standard InChI is InChI=1S/C66H124O17P2/c1-8-10-11-12-13-14-15-16-17-18-19-20-24-33-40-47-63(68)76-53-61(82-65(70)49-42-35-28-26-31-38-45-58(5)6)55-80-84(72,73)78-51-60(67)52-79-85(74,75)81-56-62(83-66(71)50-43-36-29-27-32-39-46-59(7)9-2)54-77-64(69)48-41-34-25-22-21-23-30-37-44-57(3)4/h14-17,57-62,67H,8-13,18-56H2,1-7H3,(H,72,73)(H,74,75)/b15-14-,17-16-/t59?,60?,61-,62-/m1/s1. The van der Waals surface area contributed by atoms with Crippen molar-refractivity contribution in [2.24, 2.45) is 17.8 Å². The molecule has 0 aromatic rings. The van der Waals surface area contributed by atoms with Gasteiger partial charge in [-0.15, -0.1) is 0 Å². The van der Waals surface area contributed by atoms with E-state index in [1.807, 2.05) is 0 Å². The van der Waals surface area contributed by atoms with Crippen LogP contribution in [0.25, 0.3) is 0 Å². The number of phosphoric acid groups is 2. The molecule has 85 heavy (non-hydrogen) atoms. The molecule has 0 aromatic carbocycles. The zero-order valence-corrected chi connectivity index (χ0v) is 56.3. The molecule has 500 valence electrons. The Hall–Kier alpha value is -2.46. The van der Waals surface area contributed by atoms with Crippen LogP contribution in [-0.2, 0) is 65.4 Å². The van der Waals surface area contributed by atoms with Crippen molar-refractivity contribution in [3.63, 3.8) is 0 Å². The first-order valence-corrected chi connectivity index (χ1v) is 36.7. The summed E-state index contributed by atoms with van der Waals surface area (Å²) in [6, 6.07) is 0. The molecule has 0 aromatic heterocycles. The van der Waals surface area contributed by atoms with Gasteiger partial charge in [0.05, 0.1) is 26.4 Å². The van der Waals surface area contributed by atoms with Crippen molar-refractivity contribution >= 4 is 39.5 Å². The number of hydrogen-bond acceptors (Lipinski definition) is 15. The van der Waals surface area contributed by atoms with Gasteiger partial charge in [0, 0.05) is 25.7 Å². The van der Waals surface area contributed by atoms with E-state index in [0.717, 1.165) is 121 Å². The zero-order chi connectivity index (χ0) is 63.1. The van der Waals surface area contributed by atoms with Gasteiger partial charge in [0.1, 0.15) is 19.3 Å². The zero-order valence-electron chi connectivity index (χ0n) is 54.5. The molecule has 17 nitrogen and oxygen atoms in total. The van der Waals surface area contributed by atoms with Crippen LogP contribution in [0.3, 0.4) is 0 Å². The number of carbonyl (C=O) groups is 4. The van der Waals surface area contributed by atoms with Crippen LogP contribution < -0.4 is 0 Å². The lowest BCUT2D eigenvalue weighted by molar-refractivity contribution is -0.161. The normalized spacial score (nSPS) is 14.8. The maximum Gasteiger partial charge on any atom is 0.472 e. The van der Waals surface area contributed by atoms with E-state index in [2.05, 4.69) is 72.8 Å². The van der Waals surface area contributed by atoms with E-state index in [-0.39, 0.29) is 25.7 Å². The highest BCUT2D eigenvalue weighted by molar-refractivity contribution is 7.47. The first-order valence-electron chi connectivity index (χ1n) is 33.7. The Morgan fingerprint density at radius 1 is 0.388 bits per heavy atom. The number of esters is 4. The van der Waals surface area contributed by atoms with Gasteiger partial charge in [-0.1, -0.05) is 246 Å². The quantitative estimate of drug-likeness (QED) is 0.0169. The van der Waals surface area contributed by atoms with Crippen molar-refractivity contribution in [1.29, 1.82) is 0 Å². The van der Waals surface area contributed by atoms with E-state index in [1.165, 1.54) is 89.9 Å². The van der Waals surface area contributed by atoms with E-state index >= 15 is 0 Å². The summed E-state index contributed by atoms with van der Waals surface area (Å²) in [4.78, 5) is 72.2. The third-order valence-corrected chi connectivity index (χ3v) is 16.8. The number of rotatable bonds is 62. The lowest BCUT2D eigenvalue weighted by Crippen LogP contribution is -2.30. The van der Waals surface area contributed by atoms with Gasteiger partial charge in [0.25, 0.3) is 0 Å². The Morgan fingerprint density at radius 2 is 0.694 bits per heavy atom. The van der Waals surface area contributed by atoms with Crippen molar-refractivity contribution in [1.82, 2.24) is 0 Å². The predicted octanol–water partition coefficient (Wildman–Crippen LogP) is 17.8. The van der Waals surface area contributed by atoms with Crippen LogP contribution in [0.1, 0.15) is 299 Å². The summed E-state index contributed by atoms with van der Waals surface area (Å²) >= 11 is 0. The first kappa shape index (κ1) is 82.5. The number of allylic oxidation sites excluding steroid dienone is 4. The molecule has 3 N–H and O–H groups in total. The van der Waals surface area contributed by atoms with Crippen LogP contribution in [0.4, 0.5) is 0 Å². The molecule has 6 atom stereocenters. The van der Waals surface area contributed by atoms with Gasteiger partial charge in [-0.2, -0.15) is 0 Å². The second-order valence-electron chi connectivity index (χ2n) is 24.4. The number of unbranched alkanes of at least 4 members (excludes halogenated alkanes) is 26. The molecular formula is C66H124O17P2. The van der Waals surface area contributed by atoms with Crippen molar-refractivity contribution in [2.75, 3.05) is 39.6 Å². The number of aliphatic hydroxyl groups excluding tert-OH is 1. The average molecular weight is 1250 g/mol. The van der Waals surface area contributed by atoms with E-state index in [1.54, 1.807) is 0 Å². The number of phosphoric ester groups is 2. The molecule has 0 fully saturated rings. The minimum Gasteiger partial charge on any atom is -0.462 e. The highest BCUT2D eigenvalue weighted by Gasteiger charge is 2.30. The molecule has 0 amide bonds. The van der Waals surface area contributed by atoms with E-state index in [9.17, 15) is 43.2 Å². The third kappa shape index (κ3) is 59.0. The second kappa shape index (κ2) is 56.8. The SMILES string of the molecule is CCCCCC/C=C\C=C/CCCCCCCC(=O)OC[C@H](COP(=O)(O)OCC(O)COP(=O)(O)OC[C@@H](COC(=O)CCCCCCCCCCC(C)C)OC(=O)CCCCCCCCC(C)CC)OC(=O)CCCCCCCCC(C)C. The fourth-order valence-electron chi connectivity index (χ4n) is 9.26. The van der Waals surface area contributed by atoms with Crippen LogP contribution in [0.2, 0.25) is 0 Å². The lowest BCUT2D eigenvalue weighted by Gasteiger charge is -2.21. The Bertz CT molecular complexity index is 1780. The summed E-state index contributed by atoms with van der Waals surface area (Å²) in [5, 5.41) is 10.5. The largest absolute Gasteiger partial charge is 0.472 e. The molecule has 0 aliphatic heterocycles. The minimum atomic E-state index is -4.95. The molecule has 0 aliphatic carbocycles. The monoisotopic (exact) mass is 1250 g/mol. The van der Waals surface area contributed by atoms with E-state index < -0.39 is 97.5 Å². The van der Waals surface area contributed by atoms with Crippen molar-refractivity contribution < 1.29 is 80.2 Å². The molecule has 0 saturated carbocycles. The van der Waals surface area contributed by atoms with Gasteiger partial charge in [-0.3, -0.25) is 37.3 Å². The Kier molecular flexibility index (Phi) is 55.1. The summed E-state index contributed by atoms with van der Waals surface area (Å²) in [5.74, 6) is -0.0621. The summed E-state index contributed by atoms with van der Waals surface area (Å²) in [6.45, 7) is 11.6. The van der Waals surface area contributed by atoms with Crippen molar-refractivity contribution in [2.45, 2.75) is 317 Å². The number of aliphatic hydroxyl groups is 1. The summed E-state index contributed by atoms with van der Waals surface area (Å²) in [5.41, 5.74) is 0. The molecule has 0 radical (unpaired) electrons. The summed E-state index contributed by atoms with van der Waals surface area (Å²) in [6.07, 6.45) is 41.4. The number of carbonyl (C=O) groups excluding carboxylic acids is 4. The molecule has 0 bridgehead atoms. The van der Waals surface area contributed by atoms with Gasteiger partial charge >= 0.3 is 39.5 Å². The average Bonchev–Trinajstić information content (AvgIpc) is 3.50. The highest BCUT2D eigenvalue weighted by atomic mass is 31.2. The van der Waals surface area contributed by atoms with Crippen LogP contribution in [0.15, 0.2) is 24.3 Å². The van der Waals surface area contributed by atoms with Crippen LogP contribution in [0, 0.1) is 17.8 Å². The fourth-order valence-corrected chi connectivity index (χ4v) is 10.8. The van der Waals surface area contributed by atoms with Gasteiger partial charge in [0.2, 0.25) is 0 Å². The third-order valence-electron chi connectivity index (χ3n) is 14.9. The molecule has 0 aliphatic rings. The maximum absolute atomic E-state index is 13.0. The Balaban J connectivity index is 5.25. The molecule has 0 spiro atoms. The molecule has 19 heteroatoms. The molecular weight excluding hydrogens is 1130 g/mol. The Morgan fingerprint density at radius 3 is 1.05 bits per heavy atom. The lowest BCUT2D eigenvalue weighted by atomic mass is 10.00. The molecule has 0 saturated heterocycles.